The van der Waals surface area contributed by atoms with Crippen molar-refractivity contribution in [3.8, 4) is 0 Å². The molecule has 0 saturated heterocycles. The van der Waals surface area contributed by atoms with Crippen LogP contribution in [0, 0.1) is 0 Å². The van der Waals surface area contributed by atoms with Crippen LogP contribution >= 0.6 is 0 Å². The van der Waals surface area contributed by atoms with Gasteiger partial charge >= 0.3 is 0 Å². The third-order valence-electron chi connectivity index (χ3n) is 9.91. The number of carbonyl (C=O) groups is 1. The van der Waals surface area contributed by atoms with Crippen molar-refractivity contribution in [1.82, 2.24) is 5.32 Å². The zero-order valence-corrected chi connectivity index (χ0v) is 31.1. The summed E-state index contributed by atoms with van der Waals surface area (Å²) in [6.45, 7) is 6.79. The molecule has 0 aliphatic rings. The van der Waals surface area contributed by atoms with Gasteiger partial charge in [0.1, 0.15) is 0 Å². The molecule has 1 unspecified atom stereocenters. The monoisotopic (exact) mass is 620 g/mol. The zero-order valence-electron chi connectivity index (χ0n) is 31.1. The van der Waals surface area contributed by atoms with Gasteiger partial charge in [-0.25, -0.2) is 0 Å². The van der Waals surface area contributed by atoms with Crippen LogP contribution in [0.4, 0.5) is 0 Å². The van der Waals surface area contributed by atoms with E-state index in [-0.39, 0.29) is 5.91 Å². The predicted molar refractivity (Wildman–Crippen MR) is 200 cm³/mol. The van der Waals surface area contributed by atoms with E-state index in [0.29, 0.717) is 6.04 Å². The SMILES string of the molecule is CCCCCCCCCCCCCCCCCCCCCCCC(=O)NC(C)CCCCCCCCCCCCCCCC. The summed E-state index contributed by atoms with van der Waals surface area (Å²) in [5.41, 5.74) is 0. The molecule has 0 aromatic rings. The van der Waals surface area contributed by atoms with Crippen molar-refractivity contribution >= 4 is 5.91 Å². The third-order valence-corrected chi connectivity index (χ3v) is 9.91. The van der Waals surface area contributed by atoms with Crippen molar-refractivity contribution in [2.75, 3.05) is 0 Å². The van der Waals surface area contributed by atoms with Gasteiger partial charge in [-0.05, 0) is 19.8 Å². The second-order valence-corrected chi connectivity index (χ2v) is 14.7. The summed E-state index contributed by atoms with van der Waals surface area (Å²) >= 11 is 0. The molecule has 0 radical (unpaired) electrons. The normalized spacial score (nSPS) is 12.2. The molecular formula is C42H85NO. The van der Waals surface area contributed by atoms with Crippen LogP contribution in [-0.2, 0) is 4.79 Å². The lowest BCUT2D eigenvalue weighted by molar-refractivity contribution is -0.121. The lowest BCUT2D eigenvalue weighted by Gasteiger charge is -2.13. The maximum atomic E-state index is 12.3. The Morgan fingerprint density at radius 3 is 0.864 bits per heavy atom. The van der Waals surface area contributed by atoms with Gasteiger partial charge in [0.15, 0.2) is 0 Å². The number of carbonyl (C=O) groups excluding carboxylic acids is 1. The molecule has 0 rings (SSSR count). The van der Waals surface area contributed by atoms with E-state index in [2.05, 4.69) is 26.1 Å². The molecule has 1 amide bonds. The van der Waals surface area contributed by atoms with Crippen LogP contribution in [-0.4, -0.2) is 11.9 Å². The van der Waals surface area contributed by atoms with E-state index < -0.39 is 0 Å². The first-order valence-corrected chi connectivity index (χ1v) is 21.0. The second kappa shape index (κ2) is 38.7. The molecule has 0 fully saturated rings. The van der Waals surface area contributed by atoms with Crippen molar-refractivity contribution < 1.29 is 4.79 Å². The summed E-state index contributed by atoms with van der Waals surface area (Å²) in [4.78, 5) is 12.3. The van der Waals surface area contributed by atoms with E-state index in [1.807, 2.05) is 0 Å². The minimum Gasteiger partial charge on any atom is -0.354 e. The Morgan fingerprint density at radius 1 is 0.364 bits per heavy atom. The first-order chi connectivity index (χ1) is 21.7. The Kier molecular flexibility index (Phi) is 38.2. The number of hydrogen-bond donors (Lipinski definition) is 1. The van der Waals surface area contributed by atoms with Gasteiger partial charge in [-0.15, -0.1) is 0 Å². The van der Waals surface area contributed by atoms with Crippen molar-refractivity contribution in [3.63, 3.8) is 0 Å². The van der Waals surface area contributed by atoms with Crippen molar-refractivity contribution in [2.24, 2.45) is 0 Å². The molecule has 0 aromatic carbocycles. The fraction of sp³-hybridized carbons (Fsp3) is 0.976. The average Bonchev–Trinajstić information content (AvgIpc) is 3.02. The van der Waals surface area contributed by atoms with Gasteiger partial charge in [0, 0.05) is 12.5 Å². The highest BCUT2D eigenvalue weighted by molar-refractivity contribution is 5.76. The first kappa shape index (κ1) is 43.5. The smallest absolute Gasteiger partial charge is 0.220 e. The quantitative estimate of drug-likeness (QED) is 0.0684. The third kappa shape index (κ3) is 37.7. The van der Waals surface area contributed by atoms with E-state index >= 15 is 0 Å². The molecule has 0 heterocycles. The molecule has 264 valence electrons. The van der Waals surface area contributed by atoms with Crippen LogP contribution in [0.5, 0.6) is 0 Å². The topological polar surface area (TPSA) is 29.1 Å². The van der Waals surface area contributed by atoms with E-state index in [1.54, 1.807) is 0 Å². The molecule has 0 aliphatic carbocycles. The van der Waals surface area contributed by atoms with Gasteiger partial charge in [0.25, 0.3) is 0 Å². The number of unbranched alkanes of at least 4 members (excludes halogenated alkanes) is 33. The summed E-state index contributed by atoms with van der Waals surface area (Å²) in [5, 5.41) is 3.25. The van der Waals surface area contributed by atoms with Crippen molar-refractivity contribution in [2.45, 2.75) is 264 Å². The number of hydrogen-bond acceptors (Lipinski definition) is 1. The van der Waals surface area contributed by atoms with Gasteiger partial charge in [-0.1, -0.05) is 232 Å². The molecule has 44 heavy (non-hydrogen) atoms. The molecule has 0 spiro atoms. The Morgan fingerprint density at radius 2 is 0.591 bits per heavy atom. The molecule has 0 aromatic heterocycles. The largest absolute Gasteiger partial charge is 0.354 e. The van der Waals surface area contributed by atoms with Crippen LogP contribution in [0.2, 0.25) is 0 Å². The lowest BCUT2D eigenvalue weighted by Crippen LogP contribution is -2.32. The molecular weight excluding hydrogens is 534 g/mol. The standard InChI is InChI=1S/C42H85NO/c1-4-6-8-10-12-14-16-18-20-21-22-23-24-25-26-28-30-32-34-36-38-40-42(44)43-41(3)39-37-35-33-31-29-27-19-17-15-13-11-9-7-5-2/h41H,4-40H2,1-3H3,(H,43,44). The summed E-state index contributed by atoms with van der Waals surface area (Å²) in [6.07, 6.45) is 51.1. The van der Waals surface area contributed by atoms with Crippen LogP contribution in [0.15, 0.2) is 0 Å². The molecule has 2 nitrogen and oxygen atoms in total. The average molecular weight is 620 g/mol. The predicted octanol–water partition coefficient (Wildman–Crippen LogP) is 15.0. The molecule has 2 heteroatoms. The van der Waals surface area contributed by atoms with Gasteiger partial charge in [0.2, 0.25) is 5.91 Å². The molecule has 1 N–H and O–H groups in total. The Bertz CT molecular complexity index is 532. The summed E-state index contributed by atoms with van der Waals surface area (Å²) in [5.74, 6) is 0.278. The fourth-order valence-corrected chi connectivity index (χ4v) is 6.78. The number of nitrogens with one attached hydrogen (secondary N) is 1. The minimum absolute atomic E-state index is 0.278. The van der Waals surface area contributed by atoms with E-state index in [0.717, 1.165) is 19.3 Å². The highest BCUT2D eigenvalue weighted by Crippen LogP contribution is 2.16. The Balaban J connectivity index is 3.24. The van der Waals surface area contributed by atoms with Crippen LogP contribution in [0.25, 0.3) is 0 Å². The van der Waals surface area contributed by atoms with Crippen LogP contribution in [0.3, 0.4) is 0 Å². The van der Waals surface area contributed by atoms with Crippen LogP contribution < -0.4 is 5.32 Å². The number of amides is 1. The zero-order chi connectivity index (χ0) is 32.0. The van der Waals surface area contributed by atoms with Gasteiger partial charge < -0.3 is 5.32 Å². The second-order valence-electron chi connectivity index (χ2n) is 14.7. The maximum absolute atomic E-state index is 12.3. The van der Waals surface area contributed by atoms with Gasteiger partial charge in [-0.3, -0.25) is 4.79 Å². The Labute approximate surface area is 279 Å². The summed E-state index contributed by atoms with van der Waals surface area (Å²) in [7, 11) is 0. The number of rotatable bonds is 38. The van der Waals surface area contributed by atoms with Gasteiger partial charge in [-0.2, -0.15) is 0 Å². The maximum Gasteiger partial charge on any atom is 0.220 e. The lowest BCUT2D eigenvalue weighted by atomic mass is 10.0. The Hall–Kier alpha value is -0.530. The van der Waals surface area contributed by atoms with E-state index in [1.165, 1.54) is 218 Å². The highest BCUT2D eigenvalue weighted by Gasteiger charge is 2.07. The fourth-order valence-electron chi connectivity index (χ4n) is 6.78. The van der Waals surface area contributed by atoms with E-state index in [9.17, 15) is 4.79 Å². The molecule has 0 aliphatic heterocycles. The first-order valence-electron chi connectivity index (χ1n) is 21.0. The minimum atomic E-state index is 0.278. The molecule has 0 bridgehead atoms. The summed E-state index contributed by atoms with van der Waals surface area (Å²) in [6, 6.07) is 0.342. The van der Waals surface area contributed by atoms with Crippen molar-refractivity contribution in [1.29, 1.82) is 0 Å². The van der Waals surface area contributed by atoms with Crippen LogP contribution in [0.1, 0.15) is 258 Å². The molecule has 0 saturated carbocycles. The van der Waals surface area contributed by atoms with E-state index in [4.69, 9.17) is 0 Å². The van der Waals surface area contributed by atoms with Gasteiger partial charge in [0.05, 0.1) is 0 Å². The summed E-state index contributed by atoms with van der Waals surface area (Å²) < 4.78 is 0. The molecule has 1 atom stereocenters. The highest BCUT2D eigenvalue weighted by atomic mass is 16.1. The van der Waals surface area contributed by atoms with Crippen molar-refractivity contribution in [3.05, 3.63) is 0 Å².